The highest BCUT2D eigenvalue weighted by molar-refractivity contribution is 9.11. The highest BCUT2D eigenvalue weighted by atomic mass is 79.9. The molecule has 0 amide bonds. The summed E-state index contributed by atoms with van der Waals surface area (Å²) >= 11 is 4.38. The van der Waals surface area contributed by atoms with Gasteiger partial charge >= 0.3 is 0 Å². The van der Waals surface area contributed by atoms with Crippen LogP contribution in [0.5, 0.6) is 5.75 Å². The lowest BCUT2D eigenvalue weighted by atomic mass is 10.3. The van der Waals surface area contributed by atoms with Crippen molar-refractivity contribution < 1.29 is 13.2 Å². The summed E-state index contributed by atoms with van der Waals surface area (Å²) < 4.78 is 32.4. The molecule has 0 aliphatic carbocycles. The Balaban J connectivity index is 2.34. The molecule has 102 valence electrons. The number of nitrogens with two attached hydrogens (primary N) is 1. The zero-order chi connectivity index (χ0) is 14.0. The summed E-state index contributed by atoms with van der Waals surface area (Å²) in [5.74, 6) is 0.494. The van der Waals surface area contributed by atoms with Gasteiger partial charge < -0.3 is 10.5 Å². The predicted octanol–water partition coefficient (Wildman–Crippen LogP) is 2.30. The van der Waals surface area contributed by atoms with E-state index >= 15 is 0 Å². The van der Waals surface area contributed by atoms with E-state index in [4.69, 9.17) is 10.5 Å². The first-order valence-electron chi connectivity index (χ1n) is 5.00. The number of nitrogen functional groups attached to an aromatic ring is 1. The predicted molar refractivity (Wildman–Crippen MR) is 78.0 cm³/mol. The fourth-order valence-electron chi connectivity index (χ4n) is 1.37. The number of sulfonamides is 1. The molecule has 0 saturated heterocycles. The summed E-state index contributed by atoms with van der Waals surface area (Å²) in [5.41, 5.74) is 5.83. The van der Waals surface area contributed by atoms with Crippen molar-refractivity contribution in [3.05, 3.63) is 28.2 Å². The number of nitrogens with zero attached hydrogens (tertiary/aromatic N) is 1. The Bertz CT molecular complexity index is 700. The van der Waals surface area contributed by atoms with E-state index < -0.39 is 10.0 Å². The van der Waals surface area contributed by atoms with Gasteiger partial charge in [0.1, 0.15) is 10.6 Å². The van der Waals surface area contributed by atoms with Gasteiger partial charge in [-0.3, -0.25) is 4.72 Å². The summed E-state index contributed by atoms with van der Waals surface area (Å²) in [7, 11) is -2.28. The van der Waals surface area contributed by atoms with E-state index in [1.807, 2.05) is 0 Å². The molecule has 1 aromatic carbocycles. The number of nitrogens with one attached hydrogen (secondary N) is 1. The smallest absolute Gasteiger partial charge is 0.265 e. The van der Waals surface area contributed by atoms with Crippen molar-refractivity contribution >= 4 is 48.1 Å². The van der Waals surface area contributed by atoms with Crippen LogP contribution in [0.2, 0.25) is 0 Å². The highest BCUT2D eigenvalue weighted by Gasteiger charge is 2.19. The first-order chi connectivity index (χ1) is 8.92. The number of hydrogen-bond acceptors (Lipinski definition) is 6. The summed E-state index contributed by atoms with van der Waals surface area (Å²) in [5, 5.41) is 0.266. The van der Waals surface area contributed by atoms with Crippen molar-refractivity contribution in [2.24, 2.45) is 0 Å². The number of thiazole rings is 1. The van der Waals surface area contributed by atoms with Gasteiger partial charge in [-0.1, -0.05) is 11.3 Å². The second-order valence-electron chi connectivity index (χ2n) is 3.48. The number of rotatable bonds is 4. The van der Waals surface area contributed by atoms with Crippen molar-refractivity contribution in [2.75, 3.05) is 17.6 Å². The molecule has 0 fully saturated rings. The van der Waals surface area contributed by atoms with E-state index in [0.717, 1.165) is 3.79 Å². The van der Waals surface area contributed by atoms with Crippen LogP contribution in [0, 0.1) is 0 Å². The van der Waals surface area contributed by atoms with Crippen molar-refractivity contribution in [3.8, 4) is 5.75 Å². The second kappa shape index (κ2) is 5.35. The van der Waals surface area contributed by atoms with Crippen LogP contribution in [-0.4, -0.2) is 20.5 Å². The normalized spacial score (nSPS) is 11.3. The van der Waals surface area contributed by atoms with Crippen LogP contribution >= 0.6 is 27.3 Å². The maximum Gasteiger partial charge on any atom is 0.265 e. The van der Waals surface area contributed by atoms with Crippen LogP contribution in [0.25, 0.3) is 0 Å². The van der Waals surface area contributed by atoms with Crippen LogP contribution < -0.4 is 15.2 Å². The van der Waals surface area contributed by atoms with Crippen molar-refractivity contribution in [2.45, 2.75) is 4.90 Å². The molecule has 9 heteroatoms. The zero-order valence-corrected chi connectivity index (χ0v) is 13.0. The van der Waals surface area contributed by atoms with E-state index in [1.165, 1.54) is 42.8 Å². The first-order valence-corrected chi connectivity index (χ1v) is 8.09. The standard InChI is InChI=1S/C10H10BrN3O3S2/c1-17-6-2-3-8(7(12)4-6)19(15,16)14-10-13-5-9(11)18-10/h2-5H,12H2,1H3,(H,13,14). The Morgan fingerprint density at radius 1 is 1.47 bits per heavy atom. The van der Waals surface area contributed by atoms with Crippen LogP contribution in [0.4, 0.5) is 10.8 Å². The van der Waals surface area contributed by atoms with Gasteiger partial charge in [0.25, 0.3) is 10.0 Å². The third-order valence-electron chi connectivity index (χ3n) is 2.21. The van der Waals surface area contributed by atoms with E-state index in [9.17, 15) is 8.42 Å². The molecule has 1 aromatic heterocycles. The highest BCUT2D eigenvalue weighted by Crippen LogP contribution is 2.28. The van der Waals surface area contributed by atoms with Crippen molar-refractivity contribution in [3.63, 3.8) is 0 Å². The minimum absolute atomic E-state index is 0.0142. The van der Waals surface area contributed by atoms with E-state index in [-0.39, 0.29) is 15.7 Å². The fraction of sp³-hybridized carbons (Fsp3) is 0.100. The third kappa shape index (κ3) is 3.17. The number of ether oxygens (including phenoxy) is 1. The average molecular weight is 364 g/mol. The lowest BCUT2D eigenvalue weighted by molar-refractivity contribution is 0.414. The molecule has 2 rings (SSSR count). The van der Waals surface area contributed by atoms with Crippen molar-refractivity contribution in [1.29, 1.82) is 0 Å². The van der Waals surface area contributed by atoms with Gasteiger partial charge in [0, 0.05) is 6.07 Å². The van der Waals surface area contributed by atoms with Gasteiger partial charge in [-0.2, -0.15) is 0 Å². The Labute approximate surface area is 122 Å². The molecular formula is C10H10BrN3O3S2. The molecule has 0 unspecified atom stereocenters. The molecule has 0 radical (unpaired) electrons. The number of anilines is 2. The zero-order valence-electron chi connectivity index (χ0n) is 9.75. The lowest BCUT2D eigenvalue weighted by Crippen LogP contribution is -2.14. The minimum atomic E-state index is -3.76. The Hall–Kier alpha value is -1.32. The van der Waals surface area contributed by atoms with Crippen molar-refractivity contribution in [1.82, 2.24) is 4.98 Å². The van der Waals surface area contributed by atoms with Crippen LogP contribution in [-0.2, 0) is 10.0 Å². The molecule has 0 atom stereocenters. The van der Waals surface area contributed by atoms with Gasteiger partial charge in [0.05, 0.1) is 22.8 Å². The number of halogens is 1. The van der Waals surface area contributed by atoms with E-state index in [0.29, 0.717) is 5.75 Å². The van der Waals surface area contributed by atoms with Gasteiger partial charge in [-0.05, 0) is 28.1 Å². The summed E-state index contributed by atoms with van der Waals surface area (Å²) in [6, 6.07) is 4.37. The van der Waals surface area contributed by atoms with Gasteiger partial charge in [0.2, 0.25) is 0 Å². The molecule has 1 heterocycles. The number of methoxy groups -OCH3 is 1. The Morgan fingerprint density at radius 2 is 2.21 bits per heavy atom. The van der Waals surface area contributed by atoms with E-state index in [1.54, 1.807) is 0 Å². The Kier molecular flexibility index (Phi) is 3.97. The van der Waals surface area contributed by atoms with Gasteiger partial charge in [-0.15, -0.1) is 0 Å². The number of benzene rings is 1. The SMILES string of the molecule is COc1ccc(S(=O)(=O)Nc2ncc(Br)s2)c(N)c1. The second-order valence-corrected chi connectivity index (χ2v) is 7.54. The van der Waals surface area contributed by atoms with Gasteiger partial charge in [-0.25, -0.2) is 13.4 Å². The monoisotopic (exact) mass is 363 g/mol. The fourth-order valence-corrected chi connectivity index (χ4v) is 3.83. The van der Waals surface area contributed by atoms with Crippen LogP contribution in [0.3, 0.4) is 0 Å². The summed E-state index contributed by atoms with van der Waals surface area (Å²) in [4.78, 5) is 3.89. The topological polar surface area (TPSA) is 94.3 Å². The number of aromatic nitrogens is 1. The maximum atomic E-state index is 12.2. The third-order valence-corrected chi connectivity index (χ3v) is 5.14. The molecule has 6 nitrogen and oxygen atoms in total. The minimum Gasteiger partial charge on any atom is -0.497 e. The average Bonchev–Trinajstić information content (AvgIpc) is 2.73. The van der Waals surface area contributed by atoms with Crippen LogP contribution in [0.1, 0.15) is 0 Å². The van der Waals surface area contributed by atoms with E-state index in [2.05, 4.69) is 25.6 Å². The lowest BCUT2D eigenvalue weighted by Gasteiger charge is -2.09. The molecule has 0 bridgehead atoms. The molecule has 19 heavy (non-hydrogen) atoms. The molecule has 0 spiro atoms. The molecule has 3 N–H and O–H groups in total. The molecule has 2 aromatic rings. The Morgan fingerprint density at radius 3 is 2.74 bits per heavy atom. The molecular weight excluding hydrogens is 354 g/mol. The quantitative estimate of drug-likeness (QED) is 0.812. The first kappa shape index (κ1) is 14.1. The largest absolute Gasteiger partial charge is 0.497 e. The van der Waals surface area contributed by atoms with Crippen LogP contribution in [0.15, 0.2) is 33.1 Å². The molecule has 0 aliphatic rings. The van der Waals surface area contributed by atoms with Gasteiger partial charge in [0.15, 0.2) is 5.13 Å². The summed E-state index contributed by atoms with van der Waals surface area (Å²) in [6.45, 7) is 0. The summed E-state index contributed by atoms with van der Waals surface area (Å²) in [6.07, 6.45) is 1.51. The maximum absolute atomic E-state index is 12.2. The molecule has 0 aliphatic heterocycles. The molecule has 0 saturated carbocycles. The number of hydrogen-bond donors (Lipinski definition) is 2.